The second-order valence-electron chi connectivity index (χ2n) is 8.19. The summed E-state index contributed by atoms with van der Waals surface area (Å²) in [5.74, 6) is 5.02. The summed E-state index contributed by atoms with van der Waals surface area (Å²) in [6.07, 6.45) is 1.06. The Balaban J connectivity index is 1.53. The fourth-order valence-electron chi connectivity index (χ4n) is 4.29. The summed E-state index contributed by atoms with van der Waals surface area (Å²) in [5.41, 5.74) is 3.33. The van der Waals surface area contributed by atoms with Gasteiger partial charge in [0.2, 0.25) is 0 Å². The van der Waals surface area contributed by atoms with Crippen LogP contribution >= 0.6 is 0 Å². The third kappa shape index (κ3) is 3.01. The minimum absolute atomic E-state index is 0.356. The highest BCUT2D eigenvalue weighted by atomic mass is 15.4. The van der Waals surface area contributed by atoms with E-state index in [0.717, 1.165) is 46.7 Å². The van der Waals surface area contributed by atoms with Gasteiger partial charge in [-0.2, -0.15) is 4.68 Å². The summed E-state index contributed by atoms with van der Waals surface area (Å²) in [6, 6.07) is 10.8. The minimum Gasteiger partial charge on any atom is -0.325 e. The molecule has 3 heterocycles. The van der Waals surface area contributed by atoms with Gasteiger partial charge in [-0.15, -0.1) is 5.10 Å². The van der Waals surface area contributed by atoms with Crippen molar-refractivity contribution in [3.63, 3.8) is 0 Å². The normalized spacial score (nSPS) is 18.7. The quantitative estimate of drug-likeness (QED) is 0.525. The van der Waals surface area contributed by atoms with E-state index in [2.05, 4.69) is 63.8 Å². The van der Waals surface area contributed by atoms with E-state index in [-0.39, 0.29) is 0 Å². The van der Waals surface area contributed by atoms with Gasteiger partial charge in [0, 0.05) is 23.9 Å². The number of hydrogen-bond acceptors (Lipinski definition) is 5. The van der Waals surface area contributed by atoms with Crippen molar-refractivity contribution in [2.45, 2.75) is 58.9 Å². The fourth-order valence-corrected chi connectivity index (χ4v) is 4.29. The van der Waals surface area contributed by atoms with Crippen molar-refractivity contribution in [2.75, 3.05) is 0 Å². The molecule has 148 valence electrons. The van der Waals surface area contributed by atoms with Crippen LogP contribution in [0.4, 0.5) is 0 Å². The zero-order valence-electron chi connectivity index (χ0n) is 17.5. The fraction of sp³-hybridized carbons (Fsp3) is 0.409. The molecule has 2 unspecified atom stereocenters. The van der Waals surface area contributed by atoms with E-state index in [4.69, 9.17) is 9.97 Å². The van der Waals surface area contributed by atoms with Crippen LogP contribution in [0.1, 0.15) is 67.1 Å². The van der Waals surface area contributed by atoms with Gasteiger partial charge in [0.25, 0.3) is 0 Å². The molecule has 0 N–H and O–H groups in total. The number of rotatable bonds is 4. The summed E-state index contributed by atoms with van der Waals surface area (Å²) in [7, 11) is 0. The molecule has 7 heteroatoms. The van der Waals surface area contributed by atoms with Gasteiger partial charge in [0.05, 0.1) is 16.7 Å². The Morgan fingerprint density at radius 2 is 1.72 bits per heavy atom. The molecule has 0 radical (unpaired) electrons. The molecule has 7 nitrogen and oxygen atoms in total. The van der Waals surface area contributed by atoms with Crippen molar-refractivity contribution in [1.29, 1.82) is 0 Å². The van der Waals surface area contributed by atoms with Crippen LogP contribution in [0.2, 0.25) is 0 Å². The Kier molecular flexibility index (Phi) is 4.01. The Bertz CT molecular complexity index is 1220. The second kappa shape index (κ2) is 6.47. The van der Waals surface area contributed by atoms with Crippen LogP contribution in [0.5, 0.6) is 0 Å². The van der Waals surface area contributed by atoms with E-state index in [1.165, 1.54) is 5.52 Å². The topological polar surface area (TPSA) is 74.3 Å². The van der Waals surface area contributed by atoms with Crippen LogP contribution in [0, 0.1) is 20.8 Å². The molecule has 0 aliphatic heterocycles. The Morgan fingerprint density at radius 3 is 2.45 bits per heavy atom. The highest BCUT2D eigenvalue weighted by Gasteiger charge is 2.44. The first-order valence-corrected chi connectivity index (χ1v) is 10.2. The molecule has 1 aliphatic rings. The first-order chi connectivity index (χ1) is 13.9. The van der Waals surface area contributed by atoms with Crippen molar-refractivity contribution < 1.29 is 0 Å². The summed E-state index contributed by atoms with van der Waals surface area (Å²) in [6.45, 7) is 10.2. The van der Waals surface area contributed by atoms with Gasteiger partial charge in [-0.05, 0) is 53.2 Å². The highest BCUT2D eigenvalue weighted by Crippen LogP contribution is 2.54. The summed E-state index contributed by atoms with van der Waals surface area (Å²) < 4.78 is 4.17. The van der Waals surface area contributed by atoms with Gasteiger partial charge < -0.3 is 4.57 Å². The number of benzene rings is 1. The van der Waals surface area contributed by atoms with E-state index < -0.39 is 0 Å². The summed E-state index contributed by atoms with van der Waals surface area (Å²) >= 11 is 0. The average molecular weight is 387 g/mol. The van der Waals surface area contributed by atoms with Gasteiger partial charge in [0.1, 0.15) is 23.3 Å². The maximum atomic E-state index is 4.98. The lowest BCUT2D eigenvalue weighted by molar-refractivity contribution is 0.583. The molecular formula is C22H25N7. The number of fused-ring (bicyclic) bond motifs is 1. The lowest BCUT2D eigenvalue weighted by atomic mass is 10.2. The maximum Gasteiger partial charge on any atom is 0.159 e. The van der Waals surface area contributed by atoms with Gasteiger partial charge in [-0.1, -0.05) is 12.1 Å². The Morgan fingerprint density at radius 1 is 0.931 bits per heavy atom. The van der Waals surface area contributed by atoms with Crippen molar-refractivity contribution in [3.8, 4) is 5.82 Å². The van der Waals surface area contributed by atoms with Crippen LogP contribution < -0.4 is 0 Å². The highest BCUT2D eigenvalue weighted by molar-refractivity contribution is 5.76. The molecule has 0 saturated heterocycles. The van der Waals surface area contributed by atoms with Crippen LogP contribution in [-0.4, -0.2) is 34.3 Å². The lowest BCUT2D eigenvalue weighted by Gasteiger charge is -2.13. The third-order valence-corrected chi connectivity index (χ3v) is 5.58. The molecule has 29 heavy (non-hydrogen) atoms. The van der Waals surface area contributed by atoms with Gasteiger partial charge in [0.15, 0.2) is 5.82 Å². The molecule has 1 fully saturated rings. The number of para-hydroxylation sites is 2. The maximum absolute atomic E-state index is 4.98. The molecule has 4 aromatic rings. The summed E-state index contributed by atoms with van der Waals surface area (Å²) in [4.78, 5) is 18.7. The molecule has 0 amide bonds. The number of hydrogen-bond donors (Lipinski definition) is 0. The monoisotopic (exact) mass is 387 g/mol. The molecule has 2 atom stereocenters. The van der Waals surface area contributed by atoms with E-state index >= 15 is 0 Å². The van der Waals surface area contributed by atoms with Crippen molar-refractivity contribution in [1.82, 2.24) is 34.3 Å². The zero-order valence-corrected chi connectivity index (χ0v) is 17.5. The smallest absolute Gasteiger partial charge is 0.159 e. The number of aryl methyl sites for hydroxylation is 3. The van der Waals surface area contributed by atoms with Gasteiger partial charge in [-0.3, -0.25) is 0 Å². The van der Waals surface area contributed by atoms with Crippen molar-refractivity contribution >= 4 is 11.0 Å². The molecule has 3 aromatic heterocycles. The standard InChI is InChI=1S/C22H25N7/c1-12(2)28-20-9-7-6-8-18(20)26-22(28)17-10-16(17)19-11-21(25-13(3)24-19)29-15(5)23-14(4)27-29/h6-9,11-12,16-17H,10H2,1-5H3. The first kappa shape index (κ1) is 18.0. The van der Waals surface area contributed by atoms with Crippen LogP contribution in [0.25, 0.3) is 16.9 Å². The molecule has 5 rings (SSSR count). The van der Waals surface area contributed by atoms with Crippen LogP contribution in [0.3, 0.4) is 0 Å². The van der Waals surface area contributed by atoms with Crippen molar-refractivity contribution in [2.24, 2.45) is 0 Å². The largest absolute Gasteiger partial charge is 0.325 e. The van der Waals surface area contributed by atoms with E-state index in [1.54, 1.807) is 4.68 Å². The molecule has 1 aromatic carbocycles. The molecule has 1 aliphatic carbocycles. The predicted molar refractivity (Wildman–Crippen MR) is 111 cm³/mol. The second-order valence-corrected chi connectivity index (χ2v) is 8.19. The third-order valence-electron chi connectivity index (χ3n) is 5.58. The minimum atomic E-state index is 0.356. The van der Waals surface area contributed by atoms with Crippen LogP contribution in [0.15, 0.2) is 30.3 Å². The number of aromatic nitrogens is 7. The van der Waals surface area contributed by atoms with Gasteiger partial charge in [-0.25, -0.2) is 19.9 Å². The lowest BCUT2D eigenvalue weighted by Crippen LogP contribution is -2.08. The summed E-state index contributed by atoms with van der Waals surface area (Å²) in [5, 5.41) is 4.48. The average Bonchev–Trinajstić information content (AvgIpc) is 3.26. The Hall–Kier alpha value is -3.09. The molecule has 1 saturated carbocycles. The molecule has 0 spiro atoms. The Labute approximate surface area is 169 Å². The predicted octanol–water partition coefficient (Wildman–Crippen LogP) is 4.18. The van der Waals surface area contributed by atoms with Crippen molar-refractivity contribution in [3.05, 3.63) is 59.3 Å². The van der Waals surface area contributed by atoms with E-state index in [0.29, 0.717) is 17.9 Å². The van der Waals surface area contributed by atoms with Gasteiger partial charge >= 0.3 is 0 Å². The first-order valence-electron chi connectivity index (χ1n) is 10.2. The molecular weight excluding hydrogens is 362 g/mol. The number of nitrogens with zero attached hydrogens (tertiary/aromatic N) is 7. The van der Waals surface area contributed by atoms with E-state index in [9.17, 15) is 0 Å². The number of imidazole rings is 1. The van der Waals surface area contributed by atoms with Crippen LogP contribution in [-0.2, 0) is 0 Å². The zero-order chi connectivity index (χ0) is 20.3. The SMILES string of the molecule is Cc1nc(C2CC2c2nc3ccccc3n2C(C)C)cc(-n2nc(C)nc2C)n1. The van der Waals surface area contributed by atoms with E-state index in [1.807, 2.05) is 20.8 Å². The molecule has 0 bridgehead atoms.